The fourth-order valence-electron chi connectivity index (χ4n) is 2.19. The number of nitrogens with two attached hydrogens (primary N) is 1. The molecule has 0 amide bonds. The predicted octanol–water partition coefficient (Wildman–Crippen LogP) is 1.85. The van der Waals surface area contributed by atoms with Gasteiger partial charge in [0.25, 0.3) is 0 Å². The third-order valence-corrected chi connectivity index (χ3v) is 5.58. The molecule has 21 heavy (non-hydrogen) atoms. The largest absolute Gasteiger partial charge is 0.397 e. The first-order valence-corrected chi connectivity index (χ1v) is 8.66. The van der Waals surface area contributed by atoms with Crippen molar-refractivity contribution < 1.29 is 8.42 Å². The Kier molecular flexibility index (Phi) is 6.19. The van der Waals surface area contributed by atoms with Gasteiger partial charge < -0.3 is 10.6 Å². The summed E-state index contributed by atoms with van der Waals surface area (Å²) in [5, 5.41) is 0. The summed E-state index contributed by atoms with van der Waals surface area (Å²) in [5.41, 5.74) is 7.90. The molecule has 0 unspecified atom stereocenters. The molecule has 0 aliphatic rings. The van der Waals surface area contributed by atoms with Crippen LogP contribution in [-0.2, 0) is 10.0 Å². The SMILES string of the molecule is CCCN(CCN(C)C)S(=O)(=O)c1c(C)ccc(C)c1N. The fourth-order valence-corrected chi connectivity index (χ4v) is 4.11. The van der Waals surface area contributed by atoms with Gasteiger partial charge in [0.1, 0.15) is 4.90 Å². The Balaban J connectivity index is 3.26. The van der Waals surface area contributed by atoms with E-state index in [4.69, 9.17) is 5.73 Å². The van der Waals surface area contributed by atoms with Crippen molar-refractivity contribution in [1.29, 1.82) is 0 Å². The van der Waals surface area contributed by atoms with Gasteiger partial charge in [-0.15, -0.1) is 0 Å². The minimum atomic E-state index is -3.56. The monoisotopic (exact) mass is 313 g/mol. The summed E-state index contributed by atoms with van der Waals surface area (Å²) in [7, 11) is 0.306. The van der Waals surface area contributed by atoms with Crippen LogP contribution in [0.25, 0.3) is 0 Å². The zero-order valence-corrected chi connectivity index (χ0v) is 14.5. The molecule has 0 fully saturated rings. The lowest BCUT2D eigenvalue weighted by Crippen LogP contribution is -2.37. The molecular weight excluding hydrogens is 286 g/mol. The van der Waals surface area contributed by atoms with Gasteiger partial charge in [-0.3, -0.25) is 0 Å². The topological polar surface area (TPSA) is 66.6 Å². The molecule has 0 atom stereocenters. The lowest BCUT2D eigenvalue weighted by molar-refractivity contribution is 0.333. The van der Waals surface area contributed by atoms with Gasteiger partial charge >= 0.3 is 0 Å². The molecule has 6 heteroatoms. The van der Waals surface area contributed by atoms with E-state index in [0.717, 1.165) is 12.0 Å². The maximum atomic E-state index is 13.0. The van der Waals surface area contributed by atoms with Crippen LogP contribution in [-0.4, -0.2) is 51.4 Å². The minimum absolute atomic E-state index is 0.259. The third-order valence-electron chi connectivity index (χ3n) is 3.48. The van der Waals surface area contributed by atoms with Gasteiger partial charge in [-0.1, -0.05) is 19.1 Å². The zero-order chi connectivity index (χ0) is 16.2. The number of benzene rings is 1. The first-order chi connectivity index (χ1) is 9.71. The van der Waals surface area contributed by atoms with E-state index in [1.54, 1.807) is 6.92 Å². The van der Waals surface area contributed by atoms with Crippen molar-refractivity contribution in [3.05, 3.63) is 23.3 Å². The van der Waals surface area contributed by atoms with Crippen LogP contribution in [0.3, 0.4) is 0 Å². The van der Waals surface area contributed by atoms with E-state index < -0.39 is 10.0 Å². The second-order valence-corrected chi connectivity index (χ2v) is 7.52. The summed E-state index contributed by atoms with van der Waals surface area (Å²) >= 11 is 0. The number of rotatable bonds is 7. The standard InChI is InChI=1S/C15H27N3O2S/c1-6-9-18(11-10-17(4)5)21(19,20)15-13(3)8-7-12(2)14(15)16/h7-8H,6,9-11,16H2,1-5H3. The molecule has 2 N–H and O–H groups in total. The first kappa shape index (κ1) is 17.9. The molecule has 0 aromatic heterocycles. The minimum Gasteiger partial charge on any atom is -0.397 e. The number of likely N-dealkylation sites (N-methyl/N-ethyl adjacent to an activating group) is 1. The van der Waals surface area contributed by atoms with E-state index in [0.29, 0.717) is 30.9 Å². The molecule has 1 aromatic rings. The molecule has 0 aliphatic heterocycles. The molecule has 5 nitrogen and oxygen atoms in total. The molecule has 0 bridgehead atoms. The van der Waals surface area contributed by atoms with Crippen LogP contribution in [0.5, 0.6) is 0 Å². The molecule has 0 heterocycles. The highest BCUT2D eigenvalue weighted by molar-refractivity contribution is 7.89. The van der Waals surface area contributed by atoms with Crippen LogP contribution < -0.4 is 5.73 Å². The maximum absolute atomic E-state index is 13.0. The van der Waals surface area contributed by atoms with Crippen molar-refractivity contribution in [3.63, 3.8) is 0 Å². The molecule has 0 aliphatic carbocycles. The molecule has 0 saturated heterocycles. The number of nitrogens with zero attached hydrogens (tertiary/aromatic N) is 2. The molecule has 120 valence electrons. The summed E-state index contributed by atoms with van der Waals surface area (Å²) in [6, 6.07) is 3.67. The number of anilines is 1. The van der Waals surface area contributed by atoms with Gasteiger partial charge in [-0.25, -0.2) is 8.42 Å². The summed E-state index contributed by atoms with van der Waals surface area (Å²) in [6.07, 6.45) is 0.775. The van der Waals surface area contributed by atoms with E-state index in [2.05, 4.69) is 0 Å². The lowest BCUT2D eigenvalue weighted by atomic mass is 10.1. The zero-order valence-electron chi connectivity index (χ0n) is 13.7. The average molecular weight is 313 g/mol. The molecule has 1 aromatic carbocycles. The molecule has 1 rings (SSSR count). The van der Waals surface area contributed by atoms with Gasteiger partial charge in [0.2, 0.25) is 10.0 Å². The average Bonchev–Trinajstić information content (AvgIpc) is 2.38. The second-order valence-electron chi connectivity index (χ2n) is 5.65. The second kappa shape index (κ2) is 7.24. The Morgan fingerprint density at radius 3 is 2.14 bits per heavy atom. The van der Waals surface area contributed by atoms with Gasteiger partial charge in [0, 0.05) is 19.6 Å². The van der Waals surface area contributed by atoms with Crippen LogP contribution in [0.4, 0.5) is 5.69 Å². The highest BCUT2D eigenvalue weighted by atomic mass is 32.2. The quantitative estimate of drug-likeness (QED) is 0.780. The van der Waals surface area contributed by atoms with Crippen molar-refractivity contribution in [2.45, 2.75) is 32.1 Å². The molecule has 0 saturated carbocycles. The summed E-state index contributed by atoms with van der Waals surface area (Å²) in [5.74, 6) is 0. The van der Waals surface area contributed by atoms with Gasteiger partial charge in [0.15, 0.2) is 0 Å². The third kappa shape index (κ3) is 4.18. The van der Waals surface area contributed by atoms with Crippen molar-refractivity contribution in [2.24, 2.45) is 0 Å². The van der Waals surface area contributed by atoms with Crippen molar-refractivity contribution in [3.8, 4) is 0 Å². The summed E-state index contributed by atoms with van der Waals surface area (Å²) in [4.78, 5) is 2.24. The van der Waals surface area contributed by atoms with Crippen LogP contribution in [0.1, 0.15) is 24.5 Å². The number of hydrogen-bond acceptors (Lipinski definition) is 4. The van der Waals surface area contributed by atoms with E-state index in [1.165, 1.54) is 4.31 Å². The summed E-state index contributed by atoms with van der Waals surface area (Å²) in [6.45, 7) is 7.25. The van der Waals surface area contributed by atoms with Crippen molar-refractivity contribution in [1.82, 2.24) is 9.21 Å². The Hall–Kier alpha value is -1.11. The Morgan fingerprint density at radius 1 is 1.05 bits per heavy atom. The van der Waals surface area contributed by atoms with Crippen LogP contribution >= 0.6 is 0 Å². The molecular formula is C15H27N3O2S. The van der Waals surface area contributed by atoms with Crippen molar-refractivity contribution >= 4 is 15.7 Å². The van der Waals surface area contributed by atoms with Gasteiger partial charge in [0.05, 0.1) is 5.69 Å². The predicted molar refractivity (Wildman–Crippen MR) is 87.9 cm³/mol. The van der Waals surface area contributed by atoms with Crippen LogP contribution in [0.2, 0.25) is 0 Å². The number of aryl methyl sites for hydroxylation is 2. The number of sulfonamides is 1. The van der Waals surface area contributed by atoms with Crippen LogP contribution in [0, 0.1) is 13.8 Å². The maximum Gasteiger partial charge on any atom is 0.245 e. The Morgan fingerprint density at radius 2 is 1.62 bits per heavy atom. The Bertz CT molecular complexity index is 583. The normalized spacial score (nSPS) is 12.3. The van der Waals surface area contributed by atoms with E-state index in [9.17, 15) is 8.42 Å². The highest BCUT2D eigenvalue weighted by Crippen LogP contribution is 2.28. The van der Waals surface area contributed by atoms with E-state index in [1.807, 2.05) is 45.0 Å². The molecule has 0 spiro atoms. The number of nitrogen functional groups attached to an aromatic ring is 1. The first-order valence-electron chi connectivity index (χ1n) is 7.22. The highest BCUT2D eigenvalue weighted by Gasteiger charge is 2.28. The van der Waals surface area contributed by atoms with E-state index in [-0.39, 0.29) is 4.90 Å². The van der Waals surface area contributed by atoms with E-state index >= 15 is 0 Å². The van der Waals surface area contributed by atoms with Gasteiger partial charge in [-0.2, -0.15) is 4.31 Å². The smallest absolute Gasteiger partial charge is 0.245 e. The van der Waals surface area contributed by atoms with Crippen molar-refractivity contribution in [2.75, 3.05) is 39.5 Å². The van der Waals surface area contributed by atoms with Gasteiger partial charge in [-0.05, 0) is 45.5 Å². The molecule has 0 radical (unpaired) electrons. The summed E-state index contributed by atoms with van der Waals surface area (Å²) < 4.78 is 27.4. The van der Waals surface area contributed by atoms with Crippen LogP contribution in [0.15, 0.2) is 17.0 Å². The lowest BCUT2D eigenvalue weighted by Gasteiger charge is -2.25. The Labute approximate surface area is 128 Å². The number of hydrogen-bond donors (Lipinski definition) is 1. The fraction of sp³-hybridized carbons (Fsp3) is 0.600.